The van der Waals surface area contributed by atoms with Gasteiger partial charge < -0.3 is 5.32 Å². The Balaban J connectivity index is 2.04. The molecule has 1 unspecified atom stereocenters. The van der Waals surface area contributed by atoms with E-state index in [1.54, 1.807) is 11.3 Å². The van der Waals surface area contributed by atoms with E-state index in [1.807, 2.05) is 23.7 Å². The van der Waals surface area contributed by atoms with Gasteiger partial charge in [-0.2, -0.15) is 0 Å². The number of ketones is 1. The fourth-order valence-electron chi connectivity index (χ4n) is 4.39. The van der Waals surface area contributed by atoms with Gasteiger partial charge in [-0.15, -0.1) is 11.3 Å². The molecule has 2 heterocycles. The zero-order valence-electron chi connectivity index (χ0n) is 14.6. The van der Waals surface area contributed by atoms with Crippen molar-refractivity contribution >= 4 is 34.5 Å². The predicted molar refractivity (Wildman–Crippen MR) is 103 cm³/mol. The molecule has 130 valence electrons. The summed E-state index contributed by atoms with van der Waals surface area (Å²) in [4.78, 5) is 18.9. The number of benzene rings is 1. The molecule has 1 N–H and O–H groups in total. The first-order valence-electron chi connectivity index (χ1n) is 8.61. The molecule has 1 aromatic heterocycles. The highest BCUT2D eigenvalue weighted by Crippen LogP contribution is 2.55. The van der Waals surface area contributed by atoms with Crippen LogP contribution in [0.3, 0.4) is 0 Å². The summed E-state index contributed by atoms with van der Waals surface area (Å²) in [5.41, 5.74) is 4.38. The smallest absolute Gasteiger partial charge is 0.162 e. The van der Waals surface area contributed by atoms with E-state index >= 15 is 0 Å². The van der Waals surface area contributed by atoms with Gasteiger partial charge >= 0.3 is 0 Å². The summed E-state index contributed by atoms with van der Waals surface area (Å²) < 4.78 is 0. The summed E-state index contributed by atoms with van der Waals surface area (Å²) in [5, 5.41) is 4.16. The summed E-state index contributed by atoms with van der Waals surface area (Å²) in [6.07, 6.45) is 2.23. The van der Waals surface area contributed by atoms with Crippen LogP contribution < -0.4 is 5.32 Å². The van der Waals surface area contributed by atoms with Crippen LogP contribution in [-0.4, -0.2) is 10.8 Å². The van der Waals surface area contributed by atoms with Gasteiger partial charge in [-0.25, -0.2) is 4.98 Å². The molecule has 4 rings (SSSR count). The molecule has 0 spiro atoms. The predicted octanol–water partition coefficient (Wildman–Crippen LogP) is 5.56. The minimum atomic E-state index is -0.463. The first-order chi connectivity index (χ1) is 11.9. The average Bonchev–Trinajstić information content (AvgIpc) is 3.00. The number of Topliss-reactive ketones (excluding diaryl/α,β-unsaturated/α-hetero) is 1. The van der Waals surface area contributed by atoms with Crippen LogP contribution in [0.15, 0.2) is 41.0 Å². The normalized spacial score (nSPS) is 24.6. The van der Waals surface area contributed by atoms with Crippen LogP contribution in [0.25, 0.3) is 0 Å². The van der Waals surface area contributed by atoms with Gasteiger partial charge in [0.2, 0.25) is 0 Å². The highest BCUT2D eigenvalue weighted by Gasteiger charge is 2.50. The van der Waals surface area contributed by atoms with E-state index < -0.39 is 5.41 Å². The summed E-state index contributed by atoms with van der Waals surface area (Å²) in [5.74, 6) is 1.12. The van der Waals surface area contributed by atoms with Crippen molar-refractivity contribution in [2.45, 2.75) is 45.4 Å². The number of hydrogen-bond donors (Lipinski definition) is 1. The van der Waals surface area contributed by atoms with Crippen LogP contribution in [0, 0.1) is 5.41 Å². The van der Waals surface area contributed by atoms with Crippen LogP contribution in [0.2, 0.25) is 5.02 Å². The Bertz CT molecular complexity index is 899. The van der Waals surface area contributed by atoms with Crippen molar-refractivity contribution < 1.29 is 4.79 Å². The van der Waals surface area contributed by atoms with Crippen LogP contribution >= 0.6 is 22.9 Å². The lowest BCUT2D eigenvalue weighted by atomic mass is 9.62. The molecule has 3 nitrogen and oxygen atoms in total. The summed E-state index contributed by atoms with van der Waals surface area (Å²) >= 11 is 7.92. The van der Waals surface area contributed by atoms with Crippen molar-refractivity contribution in [1.29, 1.82) is 0 Å². The molecule has 0 saturated carbocycles. The van der Waals surface area contributed by atoms with Gasteiger partial charge in [0.05, 0.1) is 15.8 Å². The molecule has 1 aliphatic carbocycles. The molecule has 0 saturated heterocycles. The Labute approximate surface area is 157 Å². The molecular formula is C20H21ClN2OS. The van der Waals surface area contributed by atoms with Gasteiger partial charge in [-0.05, 0) is 36.0 Å². The second-order valence-electron chi connectivity index (χ2n) is 7.72. The molecule has 1 aliphatic heterocycles. The van der Waals surface area contributed by atoms with E-state index in [9.17, 15) is 4.79 Å². The number of anilines is 1. The Hall–Kier alpha value is -1.65. The summed E-state index contributed by atoms with van der Waals surface area (Å²) in [7, 11) is 0. The minimum Gasteiger partial charge on any atom is -0.342 e. The highest BCUT2D eigenvalue weighted by atomic mass is 35.5. The van der Waals surface area contributed by atoms with Crippen LogP contribution in [-0.2, 0) is 10.2 Å². The van der Waals surface area contributed by atoms with Crippen molar-refractivity contribution in [3.05, 3.63) is 56.5 Å². The van der Waals surface area contributed by atoms with Gasteiger partial charge in [0, 0.05) is 22.7 Å². The maximum atomic E-state index is 13.3. The van der Waals surface area contributed by atoms with Crippen molar-refractivity contribution in [3.63, 3.8) is 0 Å². The third-order valence-electron chi connectivity index (χ3n) is 5.37. The quantitative estimate of drug-likeness (QED) is 0.750. The van der Waals surface area contributed by atoms with E-state index in [2.05, 4.69) is 37.1 Å². The van der Waals surface area contributed by atoms with Gasteiger partial charge in [-0.1, -0.05) is 44.5 Å². The highest BCUT2D eigenvalue weighted by molar-refractivity contribution is 7.10. The molecule has 0 bridgehead atoms. The van der Waals surface area contributed by atoms with Gasteiger partial charge in [0.15, 0.2) is 5.78 Å². The maximum absolute atomic E-state index is 13.3. The van der Waals surface area contributed by atoms with Crippen molar-refractivity contribution in [3.8, 4) is 0 Å². The Kier molecular flexibility index (Phi) is 3.82. The molecule has 1 aromatic carbocycles. The third-order valence-corrected chi connectivity index (χ3v) is 6.60. The fourth-order valence-corrected chi connectivity index (χ4v) is 5.62. The zero-order valence-corrected chi connectivity index (χ0v) is 16.2. The summed E-state index contributed by atoms with van der Waals surface area (Å²) in [6.45, 7) is 6.45. The molecule has 2 aliphatic rings. The first-order valence-corrected chi connectivity index (χ1v) is 9.87. The fraction of sp³-hybridized carbons (Fsp3) is 0.400. The van der Waals surface area contributed by atoms with E-state index in [0.717, 1.165) is 40.4 Å². The molecule has 5 heteroatoms. The van der Waals surface area contributed by atoms with Crippen LogP contribution in [0.5, 0.6) is 0 Å². The second kappa shape index (κ2) is 5.68. The molecular weight excluding hydrogens is 352 g/mol. The number of allylic oxidation sites excluding steroid dienone is 2. The number of carbonyl (C=O) groups is 1. The van der Waals surface area contributed by atoms with E-state index in [-0.39, 0.29) is 11.2 Å². The number of thiazole rings is 1. The maximum Gasteiger partial charge on any atom is 0.162 e. The topological polar surface area (TPSA) is 42.0 Å². The van der Waals surface area contributed by atoms with Gasteiger partial charge in [-0.3, -0.25) is 4.79 Å². The third kappa shape index (κ3) is 2.46. The number of halogens is 1. The largest absolute Gasteiger partial charge is 0.342 e. The molecule has 0 radical (unpaired) electrons. The lowest BCUT2D eigenvalue weighted by Gasteiger charge is -2.44. The van der Waals surface area contributed by atoms with E-state index in [0.29, 0.717) is 11.4 Å². The number of carbonyl (C=O) groups excluding carboxylic acids is 1. The van der Waals surface area contributed by atoms with Crippen LogP contribution in [0.4, 0.5) is 5.82 Å². The second-order valence-corrected chi connectivity index (χ2v) is 9.01. The van der Waals surface area contributed by atoms with Gasteiger partial charge in [0.25, 0.3) is 0 Å². The molecule has 25 heavy (non-hydrogen) atoms. The summed E-state index contributed by atoms with van der Waals surface area (Å²) in [6, 6.07) is 7.93. The minimum absolute atomic E-state index is 0.0374. The molecule has 2 aromatic rings. The number of hydrogen-bond acceptors (Lipinski definition) is 4. The zero-order chi connectivity index (χ0) is 17.8. The molecule has 0 amide bonds. The lowest BCUT2D eigenvalue weighted by Crippen LogP contribution is -2.42. The number of rotatable bonds is 2. The monoisotopic (exact) mass is 372 g/mol. The number of fused-ring (bicyclic) bond motifs is 1. The van der Waals surface area contributed by atoms with Gasteiger partial charge in [0.1, 0.15) is 5.82 Å². The van der Waals surface area contributed by atoms with Crippen molar-refractivity contribution in [2.24, 2.45) is 5.41 Å². The van der Waals surface area contributed by atoms with Crippen molar-refractivity contribution in [1.82, 2.24) is 4.98 Å². The Morgan fingerprint density at radius 2 is 2.12 bits per heavy atom. The average molecular weight is 373 g/mol. The number of nitrogens with one attached hydrogen (secondary N) is 1. The lowest BCUT2D eigenvalue weighted by molar-refractivity contribution is -0.118. The molecule has 0 fully saturated rings. The SMILES string of the molecule is CCC1(c2cccc(Cl)c2)C2=C(CC(C)(C)CC2=O)Nc2ncsc21. The Morgan fingerprint density at radius 1 is 1.32 bits per heavy atom. The number of nitrogens with zero attached hydrogens (tertiary/aromatic N) is 1. The Morgan fingerprint density at radius 3 is 2.84 bits per heavy atom. The first kappa shape index (κ1) is 16.8. The van der Waals surface area contributed by atoms with Crippen molar-refractivity contribution in [2.75, 3.05) is 5.32 Å². The molecule has 1 atom stereocenters. The number of aromatic nitrogens is 1. The standard InChI is InChI=1S/C20H21ClN2OS/c1-4-20(12-6-5-7-13(21)8-12)16-14(9-19(2,3)10-15(16)24)23-18-17(20)25-11-22-18/h5-8,11,23H,4,9-10H2,1-3H3. The van der Waals surface area contributed by atoms with E-state index in [4.69, 9.17) is 11.6 Å². The van der Waals surface area contributed by atoms with E-state index in [1.165, 1.54) is 0 Å². The van der Waals surface area contributed by atoms with Crippen LogP contribution in [0.1, 0.15) is 50.5 Å².